The Morgan fingerprint density at radius 3 is 2.16 bits per heavy atom. The van der Waals surface area contributed by atoms with E-state index in [9.17, 15) is 4.79 Å². The monoisotopic (exact) mass is 265 g/mol. The van der Waals surface area contributed by atoms with Crippen LogP contribution in [0.2, 0.25) is 0 Å². The van der Waals surface area contributed by atoms with Gasteiger partial charge in [-0.3, -0.25) is 4.79 Å². The Morgan fingerprint density at radius 1 is 1.16 bits per heavy atom. The molecule has 0 atom stereocenters. The smallest absolute Gasteiger partial charge is 0.322 e. The largest absolute Gasteiger partial charge is 0.480 e. The number of hydrogen-bond acceptors (Lipinski definition) is 4. The highest BCUT2D eigenvalue weighted by molar-refractivity contribution is 5.72. The molecule has 106 valence electrons. The van der Waals surface area contributed by atoms with Gasteiger partial charge in [-0.15, -0.1) is 0 Å². The van der Waals surface area contributed by atoms with Crippen LogP contribution in [-0.4, -0.2) is 27.6 Å². The molecule has 1 aromatic rings. The molecule has 0 amide bonds. The van der Waals surface area contributed by atoms with Gasteiger partial charge in [0, 0.05) is 16.9 Å². The van der Waals surface area contributed by atoms with Gasteiger partial charge in [-0.05, 0) is 0 Å². The van der Waals surface area contributed by atoms with E-state index in [1.165, 1.54) is 0 Å². The van der Waals surface area contributed by atoms with Crippen molar-refractivity contribution < 1.29 is 9.90 Å². The minimum atomic E-state index is -0.909. The molecule has 0 aliphatic heterocycles. The van der Waals surface area contributed by atoms with Crippen LogP contribution in [0.1, 0.15) is 53.1 Å². The van der Waals surface area contributed by atoms with Gasteiger partial charge in [0.15, 0.2) is 0 Å². The molecule has 0 aliphatic rings. The number of aliphatic carboxylic acids is 1. The van der Waals surface area contributed by atoms with Crippen LogP contribution in [0.5, 0.6) is 0 Å². The van der Waals surface area contributed by atoms with Crippen molar-refractivity contribution in [2.45, 2.75) is 52.4 Å². The zero-order valence-corrected chi connectivity index (χ0v) is 12.5. The van der Waals surface area contributed by atoms with Crippen molar-refractivity contribution in [1.82, 2.24) is 9.97 Å². The van der Waals surface area contributed by atoms with Gasteiger partial charge in [0.25, 0.3) is 0 Å². The number of rotatable bonds is 3. The van der Waals surface area contributed by atoms with Crippen LogP contribution in [0.25, 0.3) is 0 Å². The Balaban J connectivity index is 3.21. The maximum atomic E-state index is 10.6. The Labute approximate surface area is 114 Å². The lowest BCUT2D eigenvalue weighted by Crippen LogP contribution is -2.23. The van der Waals surface area contributed by atoms with Crippen LogP contribution >= 0.6 is 0 Å². The zero-order valence-electron chi connectivity index (χ0n) is 12.5. The molecule has 0 spiro atoms. The number of carboxylic acids is 1. The molecule has 0 bridgehead atoms. The highest BCUT2D eigenvalue weighted by Gasteiger charge is 2.23. The molecule has 0 unspecified atom stereocenters. The summed E-state index contributed by atoms with van der Waals surface area (Å²) in [5.74, 6) is 0.369. The average Bonchev–Trinajstić information content (AvgIpc) is 2.23. The normalized spacial score (nSPS) is 12.3. The first kappa shape index (κ1) is 15.4. The standard InChI is InChI=1S/C14H23N3O2/c1-13(2,3)9-7-10(15-8-11(18)19)17-12(16-9)14(4,5)6/h7H,8H2,1-6H3,(H,18,19)(H,15,16,17). The summed E-state index contributed by atoms with van der Waals surface area (Å²) in [5, 5.41) is 11.5. The number of hydrogen-bond donors (Lipinski definition) is 2. The van der Waals surface area contributed by atoms with E-state index < -0.39 is 5.97 Å². The van der Waals surface area contributed by atoms with Crippen LogP contribution in [0.4, 0.5) is 5.82 Å². The zero-order chi connectivity index (χ0) is 14.8. The second-order valence-corrected chi connectivity index (χ2v) is 6.71. The van der Waals surface area contributed by atoms with Gasteiger partial charge < -0.3 is 10.4 Å². The van der Waals surface area contributed by atoms with Gasteiger partial charge in [-0.25, -0.2) is 9.97 Å². The van der Waals surface area contributed by atoms with Gasteiger partial charge in [0.1, 0.15) is 18.2 Å². The molecule has 1 rings (SSSR count). The molecule has 5 heteroatoms. The van der Waals surface area contributed by atoms with Gasteiger partial charge in [0.05, 0.1) is 5.69 Å². The van der Waals surface area contributed by atoms with E-state index in [-0.39, 0.29) is 17.4 Å². The van der Waals surface area contributed by atoms with Crippen molar-refractivity contribution in [3.05, 3.63) is 17.6 Å². The van der Waals surface area contributed by atoms with Crippen molar-refractivity contribution >= 4 is 11.8 Å². The second-order valence-electron chi connectivity index (χ2n) is 6.71. The lowest BCUT2D eigenvalue weighted by Gasteiger charge is -2.23. The highest BCUT2D eigenvalue weighted by atomic mass is 16.4. The van der Waals surface area contributed by atoms with Gasteiger partial charge >= 0.3 is 5.97 Å². The SMILES string of the molecule is CC(C)(C)c1cc(NCC(=O)O)nc(C(C)(C)C)n1. The summed E-state index contributed by atoms with van der Waals surface area (Å²) >= 11 is 0. The van der Waals surface area contributed by atoms with Crippen molar-refractivity contribution in [1.29, 1.82) is 0 Å². The first-order valence-corrected chi connectivity index (χ1v) is 6.36. The number of carboxylic acid groups (broad SMARTS) is 1. The van der Waals surface area contributed by atoms with E-state index in [1.807, 2.05) is 26.8 Å². The van der Waals surface area contributed by atoms with E-state index in [0.717, 1.165) is 5.69 Å². The van der Waals surface area contributed by atoms with Crippen molar-refractivity contribution in [2.24, 2.45) is 0 Å². The molecule has 5 nitrogen and oxygen atoms in total. The molecule has 1 heterocycles. The molecule has 0 saturated carbocycles. The minimum absolute atomic E-state index is 0.109. The quantitative estimate of drug-likeness (QED) is 0.878. The van der Waals surface area contributed by atoms with Crippen molar-refractivity contribution in [2.75, 3.05) is 11.9 Å². The molecule has 0 saturated heterocycles. The Morgan fingerprint density at radius 2 is 1.74 bits per heavy atom. The summed E-state index contributed by atoms with van der Waals surface area (Å²) in [4.78, 5) is 19.6. The average molecular weight is 265 g/mol. The first-order chi connectivity index (χ1) is 8.50. The summed E-state index contributed by atoms with van der Waals surface area (Å²) < 4.78 is 0. The third kappa shape index (κ3) is 4.50. The molecule has 0 fully saturated rings. The second kappa shape index (κ2) is 5.15. The van der Waals surface area contributed by atoms with Gasteiger partial charge in [0.2, 0.25) is 0 Å². The summed E-state index contributed by atoms with van der Waals surface area (Å²) in [6.07, 6.45) is 0. The van der Waals surface area contributed by atoms with E-state index in [2.05, 4.69) is 36.1 Å². The van der Waals surface area contributed by atoms with Crippen molar-refractivity contribution in [3.63, 3.8) is 0 Å². The number of carbonyl (C=O) groups is 1. The number of nitrogens with one attached hydrogen (secondary N) is 1. The summed E-state index contributed by atoms with van der Waals surface area (Å²) in [6.45, 7) is 12.2. The molecule has 0 radical (unpaired) electrons. The van der Waals surface area contributed by atoms with Gasteiger partial charge in [-0.2, -0.15) is 0 Å². The molecule has 1 aromatic heterocycles. The first-order valence-electron chi connectivity index (χ1n) is 6.36. The van der Waals surface area contributed by atoms with Crippen molar-refractivity contribution in [3.8, 4) is 0 Å². The fourth-order valence-electron chi connectivity index (χ4n) is 1.42. The maximum Gasteiger partial charge on any atom is 0.322 e. The summed E-state index contributed by atoms with van der Waals surface area (Å²) in [6, 6.07) is 1.82. The van der Waals surface area contributed by atoms with Crippen LogP contribution < -0.4 is 5.32 Å². The lowest BCUT2D eigenvalue weighted by atomic mass is 9.90. The van der Waals surface area contributed by atoms with Gasteiger partial charge in [-0.1, -0.05) is 41.5 Å². The minimum Gasteiger partial charge on any atom is -0.480 e. The summed E-state index contributed by atoms with van der Waals surface area (Å²) in [7, 11) is 0. The Bertz CT molecular complexity index is 438. The molecule has 0 aliphatic carbocycles. The fourth-order valence-corrected chi connectivity index (χ4v) is 1.42. The lowest BCUT2D eigenvalue weighted by molar-refractivity contribution is -0.134. The third-order valence-electron chi connectivity index (χ3n) is 2.59. The highest BCUT2D eigenvalue weighted by Crippen LogP contribution is 2.26. The van der Waals surface area contributed by atoms with Crippen LogP contribution in [0.15, 0.2) is 6.07 Å². The van der Waals surface area contributed by atoms with E-state index >= 15 is 0 Å². The topological polar surface area (TPSA) is 75.1 Å². The van der Waals surface area contributed by atoms with Crippen LogP contribution in [0.3, 0.4) is 0 Å². The van der Waals surface area contributed by atoms with E-state index in [0.29, 0.717) is 11.6 Å². The summed E-state index contributed by atoms with van der Waals surface area (Å²) in [5.41, 5.74) is 0.615. The van der Waals surface area contributed by atoms with Crippen LogP contribution in [-0.2, 0) is 15.6 Å². The van der Waals surface area contributed by atoms with E-state index in [1.54, 1.807) is 0 Å². The number of aromatic nitrogens is 2. The third-order valence-corrected chi connectivity index (χ3v) is 2.59. The molecule has 2 N–H and O–H groups in total. The maximum absolute atomic E-state index is 10.6. The van der Waals surface area contributed by atoms with E-state index in [4.69, 9.17) is 5.11 Å². The fraction of sp³-hybridized carbons (Fsp3) is 0.643. The Hall–Kier alpha value is -1.65. The molecule has 19 heavy (non-hydrogen) atoms. The van der Waals surface area contributed by atoms with Crippen LogP contribution in [0, 0.1) is 0 Å². The molecular weight excluding hydrogens is 242 g/mol. The predicted molar refractivity (Wildman–Crippen MR) is 75.6 cm³/mol. The Kier molecular flexibility index (Phi) is 4.18. The number of nitrogens with zero attached hydrogens (tertiary/aromatic N) is 2. The molecular formula is C14H23N3O2. The number of anilines is 1. The molecule has 0 aromatic carbocycles. The predicted octanol–water partition coefficient (Wildman–Crippen LogP) is 2.57.